The van der Waals surface area contributed by atoms with E-state index in [4.69, 9.17) is 10.5 Å². The molecule has 1 aliphatic rings. The summed E-state index contributed by atoms with van der Waals surface area (Å²) < 4.78 is 5.14. The second-order valence-electron chi connectivity index (χ2n) is 4.34. The van der Waals surface area contributed by atoms with Gasteiger partial charge in [0, 0.05) is 17.7 Å². The third-order valence-corrected chi connectivity index (χ3v) is 3.17. The van der Waals surface area contributed by atoms with Gasteiger partial charge < -0.3 is 15.8 Å². The zero-order chi connectivity index (χ0) is 12.3. The summed E-state index contributed by atoms with van der Waals surface area (Å²) in [5.74, 6) is 0.920. The Bertz CT molecular complexity index is 418. The van der Waals surface area contributed by atoms with Gasteiger partial charge in [0.05, 0.1) is 7.11 Å². The average Bonchev–Trinajstić information content (AvgIpc) is 2.35. The highest BCUT2D eigenvalue weighted by molar-refractivity contribution is 5.95. The van der Waals surface area contributed by atoms with Crippen LogP contribution < -0.4 is 15.8 Å². The van der Waals surface area contributed by atoms with Crippen molar-refractivity contribution in [2.45, 2.75) is 19.3 Å². The summed E-state index contributed by atoms with van der Waals surface area (Å²) in [5, 5.41) is 2.93. The monoisotopic (exact) mass is 234 g/mol. The van der Waals surface area contributed by atoms with Crippen LogP contribution >= 0.6 is 0 Å². The van der Waals surface area contributed by atoms with Crippen molar-refractivity contribution in [2.75, 3.05) is 19.0 Å². The minimum Gasteiger partial charge on any atom is -0.497 e. The Hall–Kier alpha value is -1.55. The molecule has 4 heteroatoms. The van der Waals surface area contributed by atoms with Crippen LogP contribution in [0.2, 0.25) is 0 Å². The van der Waals surface area contributed by atoms with Crippen LogP contribution in [-0.2, 0) is 11.2 Å². The third kappa shape index (κ3) is 2.58. The molecule has 1 amide bonds. The molecule has 1 aromatic rings. The number of methoxy groups -OCH3 is 1. The van der Waals surface area contributed by atoms with E-state index >= 15 is 0 Å². The minimum atomic E-state index is 0.0550. The largest absolute Gasteiger partial charge is 0.497 e. The molecule has 0 saturated heterocycles. The molecule has 0 saturated carbocycles. The standard InChI is InChI=1S/C13H18N2O2/c1-17-11-5-4-9-7-10(3-2-6-14)13(16)15-12(9)8-11/h4-5,8,10H,2-3,6-7,14H2,1H3,(H,15,16). The van der Waals surface area contributed by atoms with Gasteiger partial charge in [-0.05, 0) is 37.4 Å². The fourth-order valence-electron chi connectivity index (χ4n) is 2.17. The molecule has 2 rings (SSSR count). The summed E-state index contributed by atoms with van der Waals surface area (Å²) in [6, 6.07) is 5.81. The summed E-state index contributed by atoms with van der Waals surface area (Å²) >= 11 is 0. The molecule has 0 aromatic heterocycles. The first kappa shape index (κ1) is 11.9. The van der Waals surface area contributed by atoms with Crippen molar-refractivity contribution < 1.29 is 9.53 Å². The quantitative estimate of drug-likeness (QED) is 0.830. The van der Waals surface area contributed by atoms with Gasteiger partial charge >= 0.3 is 0 Å². The second kappa shape index (κ2) is 5.19. The number of ether oxygens (including phenoxy) is 1. The predicted molar refractivity (Wildman–Crippen MR) is 67.1 cm³/mol. The van der Waals surface area contributed by atoms with E-state index in [1.807, 2.05) is 18.2 Å². The Balaban J connectivity index is 2.15. The number of nitrogens with two attached hydrogens (primary N) is 1. The summed E-state index contributed by atoms with van der Waals surface area (Å²) in [5.41, 5.74) is 7.52. The Kier molecular flexibility index (Phi) is 3.64. The smallest absolute Gasteiger partial charge is 0.227 e. The van der Waals surface area contributed by atoms with Gasteiger partial charge in [0.25, 0.3) is 0 Å². The Morgan fingerprint density at radius 2 is 2.35 bits per heavy atom. The molecule has 92 valence electrons. The van der Waals surface area contributed by atoms with Gasteiger partial charge in [0.2, 0.25) is 5.91 Å². The number of nitrogens with one attached hydrogen (secondary N) is 1. The zero-order valence-corrected chi connectivity index (χ0v) is 10.0. The number of hydrogen-bond donors (Lipinski definition) is 2. The normalized spacial score (nSPS) is 18.5. The van der Waals surface area contributed by atoms with Crippen molar-refractivity contribution in [3.05, 3.63) is 23.8 Å². The Morgan fingerprint density at radius 3 is 3.06 bits per heavy atom. The van der Waals surface area contributed by atoms with Crippen LogP contribution in [0.5, 0.6) is 5.75 Å². The second-order valence-corrected chi connectivity index (χ2v) is 4.34. The van der Waals surface area contributed by atoms with Crippen LogP contribution in [-0.4, -0.2) is 19.6 Å². The number of hydrogen-bond acceptors (Lipinski definition) is 3. The van der Waals surface area contributed by atoms with Crippen LogP contribution in [0.25, 0.3) is 0 Å². The summed E-state index contributed by atoms with van der Waals surface area (Å²) in [6.07, 6.45) is 2.54. The average molecular weight is 234 g/mol. The molecule has 1 aromatic carbocycles. The van der Waals surface area contributed by atoms with E-state index in [0.29, 0.717) is 6.54 Å². The van der Waals surface area contributed by atoms with Gasteiger partial charge in [-0.3, -0.25) is 4.79 Å². The lowest BCUT2D eigenvalue weighted by Crippen LogP contribution is -2.30. The minimum absolute atomic E-state index is 0.0550. The van der Waals surface area contributed by atoms with Crippen molar-refractivity contribution in [3.63, 3.8) is 0 Å². The van der Waals surface area contributed by atoms with Crippen LogP contribution in [0.15, 0.2) is 18.2 Å². The third-order valence-electron chi connectivity index (χ3n) is 3.17. The van der Waals surface area contributed by atoms with E-state index in [2.05, 4.69) is 5.32 Å². The fraction of sp³-hybridized carbons (Fsp3) is 0.462. The molecule has 1 aliphatic heterocycles. The van der Waals surface area contributed by atoms with E-state index in [9.17, 15) is 4.79 Å². The molecule has 0 bridgehead atoms. The molecular weight excluding hydrogens is 216 g/mol. The lowest BCUT2D eigenvalue weighted by Gasteiger charge is -2.24. The first-order valence-electron chi connectivity index (χ1n) is 5.92. The Morgan fingerprint density at radius 1 is 1.53 bits per heavy atom. The number of carbonyl (C=O) groups is 1. The SMILES string of the molecule is COc1ccc2c(c1)NC(=O)C(CCCN)C2. The van der Waals surface area contributed by atoms with Gasteiger partial charge in [0.15, 0.2) is 0 Å². The number of carbonyl (C=O) groups excluding carboxylic acids is 1. The lowest BCUT2D eigenvalue weighted by atomic mass is 9.89. The highest BCUT2D eigenvalue weighted by atomic mass is 16.5. The van der Waals surface area contributed by atoms with Crippen molar-refractivity contribution >= 4 is 11.6 Å². The highest BCUT2D eigenvalue weighted by Gasteiger charge is 2.25. The Labute approximate surface area is 101 Å². The van der Waals surface area contributed by atoms with Crippen molar-refractivity contribution in [2.24, 2.45) is 11.7 Å². The molecular formula is C13H18N2O2. The first-order chi connectivity index (χ1) is 8.24. The summed E-state index contributed by atoms with van der Waals surface area (Å²) in [6.45, 7) is 0.638. The van der Waals surface area contributed by atoms with Crippen LogP contribution in [0, 0.1) is 5.92 Å². The number of fused-ring (bicyclic) bond motifs is 1. The summed E-state index contributed by atoms with van der Waals surface area (Å²) in [7, 11) is 1.62. The molecule has 0 radical (unpaired) electrons. The molecule has 1 heterocycles. The number of anilines is 1. The molecule has 1 atom stereocenters. The maximum Gasteiger partial charge on any atom is 0.227 e. The van der Waals surface area contributed by atoms with Crippen LogP contribution in [0.4, 0.5) is 5.69 Å². The highest BCUT2D eigenvalue weighted by Crippen LogP contribution is 2.30. The van der Waals surface area contributed by atoms with Gasteiger partial charge in [-0.1, -0.05) is 6.07 Å². The van der Waals surface area contributed by atoms with Crippen LogP contribution in [0.1, 0.15) is 18.4 Å². The predicted octanol–water partition coefficient (Wildman–Crippen LogP) is 1.54. The molecule has 0 fully saturated rings. The van der Waals surface area contributed by atoms with Gasteiger partial charge in [0.1, 0.15) is 5.75 Å². The molecule has 1 unspecified atom stereocenters. The number of benzene rings is 1. The van der Waals surface area contributed by atoms with Gasteiger partial charge in [-0.15, -0.1) is 0 Å². The molecule has 0 aliphatic carbocycles. The van der Waals surface area contributed by atoms with E-state index < -0.39 is 0 Å². The van der Waals surface area contributed by atoms with Crippen molar-refractivity contribution in [1.82, 2.24) is 0 Å². The molecule has 0 spiro atoms. The van der Waals surface area contributed by atoms with E-state index in [-0.39, 0.29) is 11.8 Å². The van der Waals surface area contributed by atoms with Gasteiger partial charge in [-0.25, -0.2) is 0 Å². The van der Waals surface area contributed by atoms with Crippen molar-refractivity contribution in [3.8, 4) is 5.75 Å². The maximum atomic E-state index is 11.9. The van der Waals surface area contributed by atoms with Crippen LogP contribution in [0.3, 0.4) is 0 Å². The number of rotatable bonds is 4. The van der Waals surface area contributed by atoms with E-state index in [1.54, 1.807) is 7.11 Å². The summed E-state index contributed by atoms with van der Waals surface area (Å²) in [4.78, 5) is 11.9. The molecule has 4 nitrogen and oxygen atoms in total. The fourth-order valence-corrected chi connectivity index (χ4v) is 2.17. The molecule has 3 N–H and O–H groups in total. The van der Waals surface area contributed by atoms with Crippen molar-refractivity contribution in [1.29, 1.82) is 0 Å². The lowest BCUT2D eigenvalue weighted by molar-refractivity contribution is -0.120. The topological polar surface area (TPSA) is 64.3 Å². The zero-order valence-electron chi connectivity index (χ0n) is 10.0. The molecule has 17 heavy (non-hydrogen) atoms. The van der Waals surface area contributed by atoms with E-state index in [1.165, 1.54) is 5.56 Å². The first-order valence-corrected chi connectivity index (χ1v) is 5.92. The van der Waals surface area contributed by atoms with Gasteiger partial charge in [-0.2, -0.15) is 0 Å². The maximum absolute atomic E-state index is 11.9. The van der Waals surface area contributed by atoms with E-state index in [0.717, 1.165) is 30.7 Å². The number of amides is 1.